The Morgan fingerprint density at radius 1 is 1.00 bits per heavy atom. The van der Waals surface area contributed by atoms with E-state index < -0.39 is 7.92 Å². The Labute approximate surface area is 154 Å². The summed E-state index contributed by atoms with van der Waals surface area (Å²) in [6.07, 6.45) is 6.13. The van der Waals surface area contributed by atoms with Gasteiger partial charge in [-0.2, -0.15) is 0 Å². The van der Waals surface area contributed by atoms with Crippen molar-refractivity contribution in [2.75, 3.05) is 6.16 Å². The first-order valence-corrected chi connectivity index (χ1v) is 10.8. The molecule has 1 aromatic heterocycles. The third kappa shape index (κ3) is 3.66. The summed E-state index contributed by atoms with van der Waals surface area (Å²) < 4.78 is 6.76. The molecule has 26 heavy (non-hydrogen) atoms. The maximum atomic E-state index is 12.2. The predicted octanol–water partition coefficient (Wildman–Crippen LogP) is 3.63. The first-order chi connectivity index (χ1) is 12.8. The molecule has 0 aliphatic carbocycles. The lowest BCUT2D eigenvalue weighted by Crippen LogP contribution is -2.24. The molecule has 0 spiro atoms. The standard InChI is InChI=1S/C21H23N2O2P/c24-21-23-17(9-7-8-14-20(23)22-25-21)15-16-26(18-10-3-1-4-11-18)19-12-5-2-6-13-19/h1-6,10-13,17H,7-9,14-16H2/t17-/m1/s1. The highest BCUT2D eigenvalue weighted by Gasteiger charge is 2.24. The minimum absolute atomic E-state index is 0.198. The van der Waals surface area contributed by atoms with Gasteiger partial charge in [-0.15, -0.1) is 0 Å². The fraction of sp³-hybridized carbons (Fsp3) is 0.333. The number of aromatic nitrogens is 2. The lowest BCUT2D eigenvalue weighted by Gasteiger charge is -2.22. The van der Waals surface area contributed by atoms with E-state index in [0.717, 1.165) is 44.1 Å². The van der Waals surface area contributed by atoms with Crippen molar-refractivity contribution >= 4 is 18.5 Å². The van der Waals surface area contributed by atoms with Crippen molar-refractivity contribution in [3.63, 3.8) is 0 Å². The Kier molecular flexibility index (Phi) is 5.31. The van der Waals surface area contributed by atoms with E-state index in [1.807, 2.05) is 4.57 Å². The Morgan fingerprint density at radius 3 is 2.31 bits per heavy atom. The fourth-order valence-electron chi connectivity index (χ4n) is 3.78. The zero-order valence-electron chi connectivity index (χ0n) is 14.8. The third-order valence-corrected chi connectivity index (χ3v) is 7.63. The van der Waals surface area contributed by atoms with Crippen LogP contribution in [0.15, 0.2) is 70.0 Å². The first kappa shape index (κ1) is 17.2. The molecule has 4 rings (SSSR count). The molecule has 1 aliphatic heterocycles. The summed E-state index contributed by atoms with van der Waals surface area (Å²) in [5.41, 5.74) is 0. The van der Waals surface area contributed by atoms with Gasteiger partial charge in [-0.25, -0.2) is 4.79 Å². The van der Waals surface area contributed by atoms with E-state index in [1.165, 1.54) is 10.6 Å². The number of hydrogen-bond donors (Lipinski definition) is 0. The first-order valence-electron chi connectivity index (χ1n) is 9.27. The van der Waals surface area contributed by atoms with Crippen LogP contribution >= 0.6 is 7.92 Å². The van der Waals surface area contributed by atoms with E-state index in [-0.39, 0.29) is 11.8 Å². The molecular formula is C21H23N2O2P. The van der Waals surface area contributed by atoms with Crippen molar-refractivity contribution in [1.29, 1.82) is 0 Å². The molecule has 0 unspecified atom stereocenters. The second-order valence-electron chi connectivity index (χ2n) is 6.75. The van der Waals surface area contributed by atoms with E-state index in [1.54, 1.807) is 0 Å². The SMILES string of the molecule is O=c1onc2n1[C@@H](CCP(c1ccccc1)c1ccccc1)CCCC2. The van der Waals surface area contributed by atoms with E-state index in [4.69, 9.17) is 4.52 Å². The fourth-order valence-corrected chi connectivity index (χ4v) is 6.21. The van der Waals surface area contributed by atoms with E-state index in [9.17, 15) is 4.79 Å². The monoisotopic (exact) mass is 366 g/mol. The number of hydrogen-bond acceptors (Lipinski definition) is 3. The molecule has 4 nitrogen and oxygen atoms in total. The molecule has 0 saturated heterocycles. The summed E-state index contributed by atoms with van der Waals surface area (Å²) in [5, 5.41) is 6.77. The number of rotatable bonds is 5. The van der Waals surface area contributed by atoms with Gasteiger partial charge in [-0.3, -0.25) is 9.09 Å². The van der Waals surface area contributed by atoms with E-state index >= 15 is 0 Å². The average Bonchev–Trinajstić information content (AvgIpc) is 2.93. The maximum Gasteiger partial charge on any atom is 0.441 e. The van der Waals surface area contributed by atoms with Crippen LogP contribution in [0.4, 0.5) is 0 Å². The topological polar surface area (TPSA) is 48.0 Å². The van der Waals surface area contributed by atoms with Crippen molar-refractivity contribution in [2.45, 2.75) is 38.1 Å². The van der Waals surface area contributed by atoms with E-state index in [0.29, 0.717) is 0 Å². The average molecular weight is 366 g/mol. The molecule has 0 amide bonds. The van der Waals surface area contributed by atoms with Gasteiger partial charge in [0.1, 0.15) is 0 Å². The number of nitrogens with zero attached hydrogens (tertiary/aromatic N) is 2. The van der Waals surface area contributed by atoms with E-state index in [2.05, 4.69) is 65.8 Å². The molecule has 0 radical (unpaired) electrons. The van der Waals surface area contributed by atoms with Gasteiger partial charge >= 0.3 is 5.76 Å². The minimum atomic E-state index is -0.435. The molecule has 3 aromatic rings. The molecule has 134 valence electrons. The van der Waals surface area contributed by atoms with Crippen LogP contribution in [0.1, 0.15) is 37.5 Å². The van der Waals surface area contributed by atoms with Crippen LogP contribution in [0.5, 0.6) is 0 Å². The lowest BCUT2D eigenvalue weighted by molar-refractivity contribution is 0.350. The van der Waals surface area contributed by atoms with Gasteiger partial charge in [-0.05, 0) is 44.0 Å². The van der Waals surface area contributed by atoms with Crippen LogP contribution in [0.25, 0.3) is 0 Å². The summed E-state index contributed by atoms with van der Waals surface area (Å²) in [4.78, 5) is 12.2. The molecule has 0 fully saturated rings. The highest BCUT2D eigenvalue weighted by atomic mass is 31.1. The van der Waals surface area contributed by atoms with Crippen LogP contribution < -0.4 is 16.4 Å². The van der Waals surface area contributed by atoms with Crippen molar-refractivity contribution in [3.05, 3.63) is 77.0 Å². The maximum absolute atomic E-state index is 12.2. The van der Waals surface area contributed by atoms with Gasteiger partial charge in [0.15, 0.2) is 5.82 Å². The molecule has 1 atom stereocenters. The van der Waals surface area contributed by atoms with Gasteiger partial charge in [-0.1, -0.05) is 72.2 Å². The Bertz CT molecular complexity index is 850. The largest absolute Gasteiger partial charge is 0.441 e. The molecule has 2 aromatic carbocycles. The zero-order chi connectivity index (χ0) is 17.8. The molecule has 2 heterocycles. The van der Waals surface area contributed by atoms with Crippen LogP contribution in [-0.4, -0.2) is 15.9 Å². The van der Waals surface area contributed by atoms with Gasteiger partial charge in [0.25, 0.3) is 0 Å². The smallest absolute Gasteiger partial charge is 0.296 e. The van der Waals surface area contributed by atoms with Gasteiger partial charge in [0, 0.05) is 12.5 Å². The Balaban J connectivity index is 1.59. The van der Waals surface area contributed by atoms with Crippen molar-refractivity contribution in [1.82, 2.24) is 9.72 Å². The molecule has 0 saturated carbocycles. The quantitative estimate of drug-likeness (QED) is 0.648. The van der Waals surface area contributed by atoms with Gasteiger partial charge in [0.05, 0.1) is 0 Å². The second-order valence-corrected chi connectivity index (χ2v) is 9.08. The third-order valence-electron chi connectivity index (χ3n) is 5.08. The Morgan fingerprint density at radius 2 is 1.65 bits per heavy atom. The molecule has 0 bridgehead atoms. The summed E-state index contributed by atoms with van der Waals surface area (Å²) in [7, 11) is -0.435. The summed E-state index contributed by atoms with van der Waals surface area (Å²) >= 11 is 0. The number of aryl methyl sites for hydroxylation is 1. The minimum Gasteiger partial charge on any atom is -0.296 e. The van der Waals surface area contributed by atoms with Crippen molar-refractivity contribution < 1.29 is 4.52 Å². The van der Waals surface area contributed by atoms with Crippen LogP contribution in [0.2, 0.25) is 0 Å². The Hall–Kier alpha value is -2.19. The highest BCUT2D eigenvalue weighted by molar-refractivity contribution is 7.73. The molecular weight excluding hydrogens is 343 g/mol. The second kappa shape index (κ2) is 8.01. The van der Waals surface area contributed by atoms with Gasteiger partial charge < -0.3 is 0 Å². The van der Waals surface area contributed by atoms with Crippen molar-refractivity contribution in [2.24, 2.45) is 0 Å². The molecule has 1 aliphatic rings. The molecule has 0 N–H and O–H groups in total. The predicted molar refractivity (Wildman–Crippen MR) is 106 cm³/mol. The summed E-state index contributed by atoms with van der Waals surface area (Å²) in [6, 6.07) is 21.7. The van der Waals surface area contributed by atoms with Crippen molar-refractivity contribution in [3.8, 4) is 0 Å². The summed E-state index contributed by atoms with van der Waals surface area (Å²) in [6.45, 7) is 0. The lowest BCUT2D eigenvalue weighted by atomic mass is 10.1. The van der Waals surface area contributed by atoms with Gasteiger partial charge in [0.2, 0.25) is 0 Å². The van der Waals surface area contributed by atoms with Crippen LogP contribution in [0.3, 0.4) is 0 Å². The van der Waals surface area contributed by atoms with Crippen LogP contribution in [0, 0.1) is 0 Å². The zero-order valence-corrected chi connectivity index (χ0v) is 15.6. The molecule has 5 heteroatoms. The normalized spacial score (nSPS) is 17.0. The summed E-state index contributed by atoms with van der Waals surface area (Å²) in [5.74, 6) is 0.525. The van der Waals surface area contributed by atoms with Crippen LogP contribution in [-0.2, 0) is 6.42 Å². The highest BCUT2D eigenvalue weighted by Crippen LogP contribution is 2.37. The number of fused-ring (bicyclic) bond motifs is 1. The number of benzene rings is 2.